The van der Waals surface area contributed by atoms with Gasteiger partial charge in [0.05, 0.1) is 0 Å². The summed E-state index contributed by atoms with van der Waals surface area (Å²) in [5, 5.41) is 7.19. The molecule has 0 fully saturated rings. The second-order valence-corrected chi connectivity index (χ2v) is 3.81. The van der Waals surface area contributed by atoms with E-state index in [9.17, 15) is 4.79 Å². The number of benzene rings is 2. The first-order valence-corrected chi connectivity index (χ1v) is 5.66. The van der Waals surface area contributed by atoms with E-state index in [4.69, 9.17) is 9.90 Å². The molecule has 0 bridgehead atoms. The fourth-order valence-electron chi connectivity index (χ4n) is 1.66. The lowest BCUT2D eigenvalue weighted by Gasteiger charge is -2.06. The Morgan fingerprint density at radius 1 is 0.947 bits per heavy atom. The van der Waals surface area contributed by atoms with Crippen LogP contribution in [0.4, 0.5) is 4.79 Å². The van der Waals surface area contributed by atoms with Crippen molar-refractivity contribution in [3.05, 3.63) is 60.2 Å². The molecule has 1 amide bonds. The van der Waals surface area contributed by atoms with Crippen LogP contribution in [0.15, 0.2) is 54.6 Å². The van der Waals surface area contributed by atoms with Gasteiger partial charge in [-0.1, -0.05) is 54.6 Å². The summed E-state index contributed by atoms with van der Waals surface area (Å²) in [6, 6.07) is 17.6. The van der Waals surface area contributed by atoms with E-state index in [0.29, 0.717) is 0 Å². The van der Waals surface area contributed by atoms with Crippen LogP contribution in [0.5, 0.6) is 0 Å². The smallest absolute Gasteiger partial charge is 0.402 e. The van der Waals surface area contributed by atoms with E-state index in [2.05, 4.69) is 5.73 Å². The van der Waals surface area contributed by atoms with E-state index in [1.165, 1.54) is 0 Å². The van der Waals surface area contributed by atoms with Gasteiger partial charge >= 0.3 is 6.09 Å². The zero-order valence-corrected chi connectivity index (χ0v) is 10.5. The van der Waals surface area contributed by atoms with Crippen LogP contribution in [0.2, 0.25) is 0 Å². The minimum Gasteiger partial charge on any atom is -0.465 e. The van der Waals surface area contributed by atoms with Crippen LogP contribution < -0.4 is 5.73 Å². The lowest BCUT2D eigenvalue weighted by molar-refractivity contribution is 0.101. The zero-order chi connectivity index (χ0) is 14.3. The quantitative estimate of drug-likeness (QED) is 0.811. The van der Waals surface area contributed by atoms with Crippen LogP contribution in [-0.4, -0.2) is 17.0 Å². The van der Waals surface area contributed by atoms with E-state index in [1.54, 1.807) is 6.92 Å². The molecular formula is C15H15NO3. The maximum atomic E-state index is 11.4. The van der Waals surface area contributed by atoms with Crippen molar-refractivity contribution in [3.63, 3.8) is 0 Å². The van der Waals surface area contributed by atoms with Crippen molar-refractivity contribution in [1.29, 1.82) is 0 Å². The number of rotatable bonds is 2. The first kappa shape index (κ1) is 14.4. The van der Waals surface area contributed by atoms with Gasteiger partial charge in [-0.2, -0.15) is 0 Å². The molecular weight excluding hydrogens is 242 g/mol. The van der Waals surface area contributed by atoms with E-state index in [-0.39, 0.29) is 5.78 Å². The van der Waals surface area contributed by atoms with Gasteiger partial charge in [0.25, 0.3) is 0 Å². The Labute approximate surface area is 111 Å². The third-order valence-corrected chi connectivity index (χ3v) is 2.39. The fourth-order valence-corrected chi connectivity index (χ4v) is 1.66. The van der Waals surface area contributed by atoms with Crippen molar-refractivity contribution in [2.45, 2.75) is 6.92 Å². The van der Waals surface area contributed by atoms with Crippen molar-refractivity contribution in [2.24, 2.45) is 5.73 Å². The number of hydrogen-bond acceptors (Lipinski definition) is 2. The Hall–Kier alpha value is -2.62. The highest BCUT2D eigenvalue weighted by Crippen LogP contribution is 2.23. The van der Waals surface area contributed by atoms with Gasteiger partial charge in [0.2, 0.25) is 0 Å². The molecule has 0 saturated heterocycles. The van der Waals surface area contributed by atoms with Crippen molar-refractivity contribution in [1.82, 2.24) is 0 Å². The summed E-state index contributed by atoms with van der Waals surface area (Å²) >= 11 is 0. The van der Waals surface area contributed by atoms with Gasteiger partial charge in [-0.3, -0.25) is 4.79 Å². The maximum absolute atomic E-state index is 11.4. The number of Topliss-reactive ketones (excluding diaryl/α,β-unsaturated/α-hetero) is 1. The summed E-state index contributed by atoms with van der Waals surface area (Å²) in [7, 11) is 0. The van der Waals surface area contributed by atoms with Crippen molar-refractivity contribution >= 4 is 11.9 Å². The Morgan fingerprint density at radius 2 is 1.42 bits per heavy atom. The predicted octanol–water partition coefficient (Wildman–Crippen LogP) is 3.18. The maximum Gasteiger partial charge on any atom is 0.402 e. The van der Waals surface area contributed by atoms with E-state index in [0.717, 1.165) is 16.7 Å². The Morgan fingerprint density at radius 3 is 1.95 bits per heavy atom. The van der Waals surface area contributed by atoms with E-state index >= 15 is 0 Å². The normalized spacial score (nSPS) is 9.11. The third kappa shape index (κ3) is 4.63. The number of hydrogen-bond donors (Lipinski definition) is 2. The van der Waals surface area contributed by atoms with Gasteiger partial charge in [-0.15, -0.1) is 0 Å². The molecule has 19 heavy (non-hydrogen) atoms. The number of primary amides is 1. The largest absolute Gasteiger partial charge is 0.465 e. The van der Waals surface area contributed by atoms with Crippen LogP contribution in [-0.2, 0) is 0 Å². The number of carbonyl (C=O) groups excluding carboxylic acids is 1. The molecule has 2 aromatic carbocycles. The summed E-state index contributed by atoms with van der Waals surface area (Å²) in [5.74, 6) is 0.106. The van der Waals surface area contributed by atoms with Crippen molar-refractivity contribution < 1.29 is 14.7 Å². The van der Waals surface area contributed by atoms with Crippen LogP contribution in [0, 0.1) is 0 Å². The average Bonchev–Trinajstić information content (AvgIpc) is 2.39. The van der Waals surface area contributed by atoms with Gasteiger partial charge < -0.3 is 10.8 Å². The molecule has 0 atom stereocenters. The molecule has 4 heteroatoms. The van der Waals surface area contributed by atoms with Crippen molar-refractivity contribution in [3.8, 4) is 11.1 Å². The molecule has 0 aliphatic carbocycles. The van der Waals surface area contributed by atoms with Crippen LogP contribution in [0.3, 0.4) is 0 Å². The second kappa shape index (κ2) is 6.96. The van der Waals surface area contributed by atoms with Crippen molar-refractivity contribution in [2.75, 3.05) is 0 Å². The molecule has 98 valence electrons. The first-order valence-electron chi connectivity index (χ1n) is 5.66. The molecule has 0 aromatic heterocycles. The van der Waals surface area contributed by atoms with Crippen LogP contribution in [0.1, 0.15) is 17.3 Å². The summed E-state index contributed by atoms with van der Waals surface area (Å²) in [5.41, 5.74) is 6.90. The van der Waals surface area contributed by atoms with Gasteiger partial charge in [0.1, 0.15) is 0 Å². The second-order valence-electron chi connectivity index (χ2n) is 3.81. The fraction of sp³-hybridized carbons (Fsp3) is 0.0667. The number of nitrogens with two attached hydrogens (primary N) is 1. The average molecular weight is 257 g/mol. The van der Waals surface area contributed by atoms with Gasteiger partial charge in [0.15, 0.2) is 5.78 Å². The lowest BCUT2D eigenvalue weighted by atomic mass is 9.98. The monoisotopic (exact) mass is 257 g/mol. The molecule has 2 aromatic rings. The van der Waals surface area contributed by atoms with Gasteiger partial charge in [-0.25, -0.2) is 4.79 Å². The van der Waals surface area contributed by atoms with E-state index < -0.39 is 6.09 Å². The molecule has 0 aliphatic heterocycles. The molecule has 4 nitrogen and oxygen atoms in total. The van der Waals surface area contributed by atoms with Crippen LogP contribution >= 0.6 is 0 Å². The summed E-state index contributed by atoms with van der Waals surface area (Å²) in [6.45, 7) is 1.60. The molecule has 0 unspecified atom stereocenters. The summed E-state index contributed by atoms with van der Waals surface area (Å²) < 4.78 is 0. The highest BCUT2D eigenvalue weighted by atomic mass is 16.4. The minimum atomic E-state index is -1.33. The Kier molecular flexibility index (Phi) is 5.29. The molecule has 3 N–H and O–H groups in total. The van der Waals surface area contributed by atoms with Gasteiger partial charge in [0, 0.05) is 5.56 Å². The van der Waals surface area contributed by atoms with Crippen LogP contribution in [0.25, 0.3) is 11.1 Å². The molecule has 2 rings (SSSR count). The summed E-state index contributed by atoms with van der Waals surface area (Å²) in [4.78, 5) is 20.2. The lowest BCUT2D eigenvalue weighted by Crippen LogP contribution is -2.03. The highest BCUT2D eigenvalue weighted by Gasteiger charge is 2.06. The van der Waals surface area contributed by atoms with Gasteiger partial charge in [-0.05, 0) is 18.1 Å². The molecule has 0 spiro atoms. The first-order chi connectivity index (χ1) is 9.02. The topological polar surface area (TPSA) is 80.4 Å². The Balaban J connectivity index is 0.000000399. The predicted molar refractivity (Wildman–Crippen MR) is 74.1 cm³/mol. The zero-order valence-electron chi connectivity index (χ0n) is 10.5. The molecule has 0 heterocycles. The Bertz CT molecular complexity index is 561. The minimum absolute atomic E-state index is 0.106. The summed E-state index contributed by atoms with van der Waals surface area (Å²) in [6.07, 6.45) is -1.33. The molecule has 0 saturated carbocycles. The highest BCUT2D eigenvalue weighted by molar-refractivity contribution is 6.00. The van der Waals surface area contributed by atoms with E-state index in [1.807, 2.05) is 54.6 Å². The number of carbonyl (C=O) groups is 2. The number of carboxylic acid groups (broad SMARTS) is 1. The standard InChI is InChI=1S/C14H12O.CH3NO2/c1-11(15)13-9-5-6-10-14(13)12-7-3-2-4-8-12;2-1(3)4/h2-10H,1H3;2H2,(H,3,4). The third-order valence-electron chi connectivity index (χ3n) is 2.39. The number of ketones is 1. The number of amides is 1. The SMILES string of the molecule is CC(=O)c1ccccc1-c1ccccc1.NC(=O)O. The molecule has 0 radical (unpaired) electrons. The molecule has 0 aliphatic rings.